The summed E-state index contributed by atoms with van der Waals surface area (Å²) in [7, 11) is -3.86. The van der Waals surface area contributed by atoms with Crippen molar-refractivity contribution in [3.8, 4) is 0 Å². The van der Waals surface area contributed by atoms with Crippen LogP contribution in [0.1, 0.15) is 47.9 Å². The fourth-order valence-corrected chi connectivity index (χ4v) is 6.46. The summed E-state index contributed by atoms with van der Waals surface area (Å²) in [5.74, 6) is -0.703. The highest BCUT2D eigenvalue weighted by atomic mass is 35.5. The van der Waals surface area contributed by atoms with Crippen LogP contribution in [0.15, 0.2) is 72.8 Å². The van der Waals surface area contributed by atoms with Crippen molar-refractivity contribution in [2.45, 2.75) is 64.6 Å². The Balaban J connectivity index is 1.74. The molecule has 218 valence electrons. The molecule has 1 fully saturated rings. The number of aryl methyl sites for hydroxylation is 1. The predicted molar refractivity (Wildman–Crippen MR) is 164 cm³/mol. The van der Waals surface area contributed by atoms with Crippen LogP contribution in [0.2, 0.25) is 5.02 Å². The lowest BCUT2D eigenvalue weighted by Gasteiger charge is -2.34. The molecule has 1 N–H and O–H groups in total. The van der Waals surface area contributed by atoms with Crippen LogP contribution in [-0.2, 0) is 32.6 Å². The molecule has 0 heterocycles. The molecule has 1 saturated carbocycles. The molecule has 7 nitrogen and oxygen atoms in total. The number of sulfonamides is 1. The van der Waals surface area contributed by atoms with Crippen LogP contribution in [0.4, 0.5) is 5.69 Å². The molecule has 0 aromatic heterocycles. The zero-order valence-corrected chi connectivity index (χ0v) is 25.4. The van der Waals surface area contributed by atoms with Gasteiger partial charge in [0.25, 0.3) is 0 Å². The first-order valence-electron chi connectivity index (χ1n) is 13.9. The van der Waals surface area contributed by atoms with Crippen LogP contribution in [0.3, 0.4) is 0 Å². The van der Waals surface area contributed by atoms with Gasteiger partial charge in [-0.3, -0.25) is 13.9 Å². The van der Waals surface area contributed by atoms with Gasteiger partial charge in [0, 0.05) is 24.0 Å². The van der Waals surface area contributed by atoms with Crippen LogP contribution >= 0.6 is 11.6 Å². The summed E-state index contributed by atoms with van der Waals surface area (Å²) in [5, 5.41) is 3.58. The van der Waals surface area contributed by atoms with E-state index in [2.05, 4.69) is 5.32 Å². The smallest absolute Gasteiger partial charge is 0.244 e. The zero-order chi connectivity index (χ0) is 29.6. The first-order chi connectivity index (χ1) is 19.5. The van der Waals surface area contributed by atoms with Crippen molar-refractivity contribution in [1.29, 1.82) is 0 Å². The van der Waals surface area contributed by atoms with Gasteiger partial charge in [0.05, 0.1) is 11.9 Å². The van der Waals surface area contributed by atoms with E-state index >= 15 is 0 Å². The molecule has 1 aliphatic rings. The van der Waals surface area contributed by atoms with Crippen molar-refractivity contribution in [2.75, 3.05) is 17.1 Å². The number of anilines is 1. The first kappa shape index (κ1) is 30.6. The molecule has 41 heavy (non-hydrogen) atoms. The summed E-state index contributed by atoms with van der Waals surface area (Å²) in [4.78, 5) is 29.7. The van der Waals surface area contributed by atoms with Gasteiger partial charge in [0.15, 0.2) is 0 Å². The maximum atomic E-state index is 14.2. The SMILES string of the molecule is Cc1cccc(CN(C(=O)CN(c2cccc(Cl)c2C)S(C)(=O)=O)[C@@H](Cc2ccccc2)C(=O)NC2CCCC2)c1. The molecule has 0 aliphatic heterocycles. The van der Waals surface area contributed by atoms with Crippen LogP contribution in [0, 0.1) is 13.8 Å². The number of nitrogens with zero attached hydrogens (tertiary/aromatic N) is 2. The normalized spacial score (nSPS) is 14.4. The number of benzene rings is 3. The first-order valence-corrected chi connectivity index (χ1v) is 16.2. The number of hydrogen-bond acceptors (Lipinski definition) is 4. The summed E-state index contributed by atoms with van der Waals surface area (Å²) >= 11 is 6.32. The average molecular weight is 596 g/mol. The van der Waals surface area contributed by atoms with Gasteiger partial charge >= 0.3 is 0 Å². The fourth-order valence-electron chi connectivity index (χ4n) is 5.39. The third kappa shape index (κ3) is 8.11. The quantitative estimate of drug-likeness (QED) is 0.321. The molecular formula is C32H38ClN3O4S. The van der Waals surface area contributed by atoms with Gasteiger partial charge in [-0.2, -0.15) is 0 Å². The topological polar surface area (TPSA) is 86.8 Å². The second-order valence-corrected chi connectivity index (χ2v) is 13.2. The zero-order valence-electron chi connectivity index (χ0n) is 23.8. The van der Waals surface area contributed by atoms with E-state index in [1.54, 1.807) is 25.1 Å². The Labute approximate surface area is 248 Å². The number of nitrogens with one attached hydrogen (secondary N) is 1. The largest absolute Gasteiger partial charge is 0.352 e. The molecule has 0 bridgehead atoms. The van der Waals surface area contributed by atoms with E-state index in [9.17, 15) is 18.0 Å². The molecule has 0 spiro atoms. The van der Waals surface area contributed by atoms with Crippen molar-refractivity contribution in [3.63, 3.8) is 0 Å². The summed E-state index contributed by atoms with van der Waals surface area (Å²) in [6.45, 7) is 3.38. The molecule has 0 radical (unpaired) electrons. The third-order valence-electron chi connectivity index (χ3n) is 7.60. The van der Waals surface area contributed by atoms with Gasteiger partial charge in [0.2, 0.25) is 21.8 Å². The lowest BCUT2D eigenvalue weighted by molar-refractivity contribution is -0.140. The maximum Gasteiger partial charge on any atom is 0.244 e. The monoisotopic (exact) mass is 595 g/mol. The number of rotatable bonds is 11. The lowest BCUT2D eigenvalue weighted by atomic mass is 10.0. The molecule has 1 aliphatic carbocycles. The van der Waals surface area contributed by atoms with Gasteiger partial charge in [-0.25, -0.2) is 8.42 Å². The lowest BCUT2D eigenvalue weighted by Crippen LogP contribution is -2.54. The number of carbonyl (C=O) groups is 2. The molecule has 0 unspecified atom stereocenters. The van der Waals surface area contributed by atoms with E-state index < -0.39 is 28.5 Å². The Morgan fingerprint density at radius 3 is 2.27 bits per heavy atom. The summed E-state index contributed by atoms with van der Waals surface area (Å²) in [5.41, 5.74) is 3.68. The minimum atomic E-state index is -3.86. The van der Waals surface area contributed by atoms with Crippen molar-refractivity contribution >= 4 is 39.1 Å². The number of carbonyl (C=O) groups excluding carboxylic acids is 2. The summed E-state index contributed by atoms with van der Waals surface area (Å²) < 4.78 is 27.1. The van der Waals surface area contributed by atoms with Gasteiger partial charge in [-0.15, -0.1) is 0 Å². The minimum Gasteiger partial charge on any atom is -0.352 e. The second-order valence-electron chi connectivity index (χ2n) is 10.9. The van der Waals surface area contributed by atoms with Crippen LogP contribution in [0.5, 0.6) is 0 Å². The van der Waals surface area contributed by atoms with Crippen molar-refractivity contribution in [3.05, 3.63) is 100 Å². The van der Waals surface area contributed by atoms with Crippen molar-refractivity contribution < 1.29 is 18.0 Å². The van der Waals surface area contributed by atoms with Gasteiger partial charge in [-0.05, 0) is 55.5 Å². The van der Waals surface area contributed by atoms with E-state index in [0.717, 1.165) is 52.9 Å². The van der Waals surface area contributed by atoms with E-state index in [0.29, 0.717) is 22.7 Å². The molecule has 9 heteroatoms. The van der Waals surface area contributed by atoms with E-state index in [4.69, 9.17) is 11.6 Å². The molecule has 4 rings (SSSR count). The minimum absolute atomic E-state index is 0.0679. The second kappa shape index (κ2) is 13.5. The fraction of sp³-hybridized carbons (Fsp3) is 0.375. The van der Waals surface area contributed by atoms with Crippen LogP contribution < -0.4 is 9.62 Å². The molecule has 2 amide bonds. The predicted octanol–water partition coefficient (Wildman–Crippen LogP) is 5.42. The number of amides is 2. The Morgan fingerprint density at radius 2 is 1.61 bits per heavy atom. The summed E-state index contributed by atoms with van der Waals surface area (Å²) in [6.07, 6.45) is 5.30. The van der Waals surface area contributed by atoms with E-state index in [-0.39, 0.29) is 18.5 Å². The van der Waals surface area contributed by atoms with Gasteiger partial charge in [-0.1, -0.05) is 90.7 Å². The highest BCUT2D eigenvalue weighted by Crippen LogP contribution is 2.29. The average Bonchev–Trinajstić information content (AvgIpc) is 3.44. The highest BCUT2D eigenvalue weighted by Gasteiger charge is 2.34. The van der Waals surface area contributed by atoms with Crippen molar-refractivity contribution in [1.82, 2.24) is 10.2 Å². The van der Waals surface area contributed by atoms with Crippen molar-refractivity contribution in [2.24, 2.45) is 0 Å². The Kier molecular flexibility index (Phi) is 10.1. The van der Waals surface area contributed by atoms with E-state index in [1.807, 2.05) is 61.5 Å². The molecule has 3 aromatic rings. The molecular weight excluding hydrogens is 558 g/mol. The van der Waals surface area contributed by atoms with Gasteiger partial charge in [0.1, 0.15) is 12.6 Å². The molecule has 3 aromatic carbocycles. The van der Waals surface area contributed by atoms with Crippen LogP contribution in [0.25, 0.3) is 0 Å². The molecule has 1 atom stereocenters. The summed E-state index contributed by atoms with van der Waals surface area (Å²) in [6, 6.07) is 21.6. The molecule has 0 saturated heterocycles. The number of hydrogen-bond donors (Lipinski definition) is 1. The Hall–Kier alpha value is -3.36. The maximum absolute atomic E-state index is 14.2. The van der Waals surface area contributed by atoms with Gasteiger partial charge < -0.3 is 10.2 Å². The Morgan fingerprint density at radius 1 is 0.951 bits per heavy atom. The van der Waals surface area contributed by atoms with E-state index in [1.165, 1.54) is 4.90 Å². The highest BCUT2D eigenvalue weighted by molar-refractivity contribution is 7.92. The standard InChI is InChI=1S/C32H38ClN3O4S/c1-23-11-9-14-26(19-23)21-35(31(37)22-36(41(3,39)40)29-18-10-17-28(33)24(29)2)30(20-25-12-5-4-6-13-25)32(38)34-27-15-7-8-16-27/h4-6,9-14,17-19,27,30H,7-8,15-16,20-22H2,1-3H3,(H,34,38)/t30-/m0/s1. The Bertz CT molecular complexity index is 1470. The van der Waals surface area contributed by atoms with Crippen LogP contribution in [-0.4, -0.2) is 50.0 Å². The number of halogens is 1. The third-order valence-corrected chi connectivity index (χ3v) is 9.13.